The van der Waals surface area contributed by atoms with Crippen LogP contribution >= 0.6 is 0 Å². The zero-order valence-corrected chi connectivity index (χ0v) is 10.5. The highest BCUT2D eigenvalue weighted by Gasteiger charge is 2.15. The summed E-state index contributed by atoms with van der Waals surface area (Å²) in [5, 5.41) is 1.23. The number of aryl methyl sites for hydroxylation is 2. The lowest BCUT2D eigenvalue weighted by Crippen LogP contribution is -2.32. The average Bonchev–Trinajstić information content (AvgIpc) is 2.41. The second-order valence-electron chi connectivity index (χ2n) is 4.36. The zero-order chi connectivity index (χ0) is 12.5. The van der Waals surface area contributed by atoms with E-state index in [4.69, 9.17) is 0 Å². The standard InChI is InChI=1S/C15H14N3/c1-11-13(9-16-10-17-11)15-8-7-12-5-3-4-6-14(12)18(15)2/h3-10H,1-2H3/q+1. The molecule has 0 saturated heterocycles. The molecule has 0 fully saturated rings. The van der Waals surface area contributed by atoms with Crippen molar-refractivity contribution < 1.29 is 4.57 Å². The van der Waals surface area contributed by atoms with Crippen LogP contribution in [0.25, 0.3) is 22.2 Å². The second-order valence-corrected chi connectivity index (χ2v) is 4.36. The van der Waals surface area contributed by atoms with E-state index < -0.39 is 0 Å². The summed E-state index contributed by atoms with van der Waals surface area (Å²) in [5.74, 6) is 0. The second kappa shape index (κ2) is 4.18. The Hall–Kier alpha value is -2.29. The highest BCUT2D eigenvalue weighted by Crippen LogP contribution is 2.19. The molecule has 3 rings (SSSR count). The maximum absolute atomic E-state index is 4.25. The summed E-state index contributed by atoms with van der Waals surface area (Å²) < 4.78 is 2.18. The van der Waals surface area contributed by atoms with Gasteiger partial charge in [0, 0.05) is 23.7 Å². The third kappa shape index (κ3) is 1.64. The van der Waals surface area contributed by atoms with Gasteiger partial charge in [-0.25, -0.2) is 9.97 Å². The van der Waals surface area contributed by atoms with E-state index in [9.17, 15) is 0 Å². The van der Waals surface area contributed by atoms with E-state index in [2.05, 4.69) is 58.0 Å². The number of pyridine rings is 1. The summed E-state index contributed by atoms with van der Waals surface area (Å²) >= 11 is 0. The number of benzene rings is 1. The molecule has 0 unspecified atom stereocenters. The van der Waals surface area contributed by atoms with E-state index in [0.29, 0.717) is 0 Å². The normalized spacial score (nSPS) is 10.8. The maximum Gasteiger partial charge on any atom is 0.216 e. The van der Waals surface area contributed by atoms with E-state index in [1.54, 1.807) is 6.33 Å². The lowest BCUT2D eigenvalue weighted by Gasteiger charge is -2.04. The first kappa shape index (κ1) is 10.8. The molecule has 18 heavy (non-hydrogen) atoms. The van der Waals surface area contributed by atoms with E-state index >= 15 is 0 Å². The molecule has 2 aromatic heterocycles. The molecule has 88 valence electrons. The molecule has 0 aliphatic rings. The van der Waals surface area contributed by atoms with Gasteiger partial charge >= 0.3 is 0 Å². The van der Waals surface area contributed by atoms with Crippen molar-refractivity contribution in [1.29, 1.82) is 0 Å². The van der Waals surface area contributed by atoms with Crippen LogP contribution < -0.4 is 4.57 Å². The van der Waals surface area contributed by atoms with Crippen LogP contribution in [-0.4, -0.2) is 9.97 Å². The average molecular weight is 236 g/mol. The predicted octanol–water partition coefficient (Wildman–Crippen LogP) is 2.43. The van der Waals surface area contributed by atoms with Crippen LogP contribution in [0, 0.1) is 6.92 Å². The summed E-state index contributed by atoms with van der Waals surface area (Å²) in [5.41, 5.74) is 4.41. The first-order valence-electron chi connectivity index (χ1n) is 5.92. The van der Waals surface area contributed by atoms with Gasteiger partial charge in [0.15, 0.2) is 0 Å². The van der Waals surface area contributed by atoms with E-state index in [0.717, 1.165) is 17.0 Å². The largest absolute Gasteiger partial charge is 0.244 e. The van der Waals surface area contributed by atoms with Crippen molar-refractivity contribution in [1.82, 2.24) is 9.97 Å². The van der Waals surface area contributed by atoms with Gasteiger partial charge < -0.3 is 0 Å². The minimum atomic E-state index is 0.996. The maximum atomic E-state index is 4.25. The number of hydrogen-bond donors (Lipinski definition) is 0. The lowest BCUT2D eigenvalue weighted by molar-refractivity contribution is -0.633. The molecule has 0 N–H and O–H groups in total. The smallest absolute Gasteiger partial charge is 0.216 e. The molecule has 3 aromatic rings. The summed E-state index contributed by atoms with van der Waals surface area (Å²) in [6.07, 6.45) is 3.45. The van der Waals surface area contributed by atoms with Crippen molar-refractivity contribution in [2.45, 2.75) is 6.92 Å². The van der Waals surface area contributed by atoms with Crippen molar-refractivity contribution in [3.05, 3.63) is 54.6 Å². The van der Waals surface area contributed by atoms with Crippen molar-refractivity contribution in [3.8, 4) is 11.3 Å². The quantitative estimate of drug-likeness (QED) is 0.607. The molecule has 0 aliphatic heterocycles. The van der Waals surface area contributed by atoms with Gasteiger partial charge in [-0.05, 0) is 19.1 Å². The highest BCUT2D eigenvalue weighted by atomic mass is 14.9. The SMILES string of the molecule is Cc1ncncc1-c1ccc2ccccc2[n+]1C. The first-order valence-corrected chi connectivity index (χ1v) is 5.92. The number of hydrogen-bond acceptors (Lipinski definition) is 2. The van der Waals surface area contributed by atoms with Crippen LogP contribution in [0.1, 0.15) is 5.69 Å². The summed E-state index contributed by atoms with van der Waals surface area (Å²) in [6, 6.07) is 12.6. The van der Waals surface area contributed by atoms with Gasteiger partial charge in [-0.2, -0.15) is 4.57 Å². The number of para-hydroxylation sites is 1. The number of aromatic nitrogens is 3. The van der Waals surface area contributed by atoms with Crippen molar-refractivity contribution in [2.75, 3.05) is 0 Å². The predicted molar refractivity (Wildman–Crippen MR) is 70.9 cm³/mol. The van der Waals surface area contributed by atoms with Gasteiger partial charge in [0.2, 0.25) is 11.2 Å². The van der Waals surface area contributed by atoms with E-state index in [1.165, 1.54) is 10.9 Å². The van der Waals surface area contributed by atoms with Crippen LogP contribution in [0.4, 0.5) is 0 Å². The highest BCUT2D eigenvalue weighted by molar-refractivity contribution is 5.77. The van der Waals surface area contributed by atoms with Gasteiger partial charge in [-0.1, -0.05) is 12.1 Å². The molecule has 3 heteroatoms. The Bertz CT molecular complexity index is 720. The Kier molecular flexibility index (Phi) is 2.52. The molecular formula is C15H14N3+. The lowest BCUT2D eigenvalue weighted by atomic mass is 10.1. The van der Waals surface area contributed by atoms with Gasteiger partial charge in [0.25, 0.3) is 0 Å². The van der Waals surface area contributed by atoms with Crippen LogP contribution in [0.2, 0.25) is 0 Å². The van der Waals surface area contributed by atoms with E-state index in [-0.39, 0.29) is 0 Å². The fourth-order valence-electron chi connectivity index (χ4n) is 2.26. The van der Waals surface area contributed by atoms with Crippen molar-refractivity contribution in [3.63, 3.8) is 0 Å². The number of fused-ring (bicyclic) bond motifs is 1. The van der Waals surface area contributed by atoms with E-state index in [1.807, 2.05) is 13.1 Å². The minimum absolute atomic E-state index is 0.996. The van der Waals surface area contributed by atoms with Gasteiger partial charge in [-0.15, -0.1) is 0 Å². The molecule has 1 aromatic carbocycles. The Balaban J connectivity index is 2.31. The Labute approximate surface area is 106 Å². The third-order valence-electron chi connectivity index (χ3n) is 3.27. The van der Waals surface area contributed by atoms with Crippen LogP contribution in [0.3, 0.4) is 0 Å². The van der Waals surface area contributed by atoms with Crippen molar-refractivity contribution in [2.24, 2.45) is 7.05 Å². The topological polar surface area (TPSA) is 29.7 Å². The Morgan fingerprint density at radius 3 is 2.72 bits per heavy atom. The first-order chi connectivity index (χ1) is 8.77. The molecule has 3 nitrogen and oxygen atoms in total. The monoisotopic (exact) mass is 236 g/mol. The Morgan fingerprint density at radius 2 is 1.89 bits per heavy atom. The van der Waals surface area contributed by atoms with Gasteiger partial charge in [0.1, 0.15) is 13.4 Å². The Morgan fingerprint density at radius 1 is 1.06 bits per heavy atom. The van der Waals surface area contributed by atoms with Gasteiger partial charge in [-0.3, -0.25) is 0 Å². The summed E-state index contributed by atoms with van der Waals surface area (Å²) in [7, 11) is 2.07. The molecule has 0 radical (unpaired) electrons. The molecule has 0 spiro atoms. The number of nitrogens with zero attached hydrogens (tertiary/aromatic N) is 3. The molecule has 0 aliphatic carbocycles. The van der Waals surface area contributed by atoms with Crippen LogP contribution in [0.15, 0.2) is 48.9 Å². The molecule has 0 saturated carbocycles. The fourth-order valence-corrected chi connectivity index (χ4v) is 2.26. The van der Waals surface area contributed by atoms with Gasteiger partial charge in [0.05, 0.1) is 11.3 Å². The summed E-state index contributed by atoms with van der Waals surface area (Å²) in [6.45, 7) is 2.01. The fraction of sp³-hybridized carbons (Fsp3) is 0.133. The molecule has 0 amide bonds. The third-order valence-corrected chi connectivity index (χ3v) is 3.27. The summed E-state index contributed by atoms with van der Waals surface area (Å²) in [4.78, 5) is 8.37. The molecule has 0 atom stereocenters. The molecule has 2 heterocycles. The zero-order valence-electron chi connectivity index (χ0n) is 10.5. The van der Waals surface area contributed by atoms with Crippen molar-refractivity contribution >= 4 is 10.9 Å². The van der Waals surface area contributed by atoms with Crippen LogP contribution in [0.5, 0.6) is 0 Å². The minimum Gasteiger partial charge on any atom is -0.244 e. The molecular weight excluding hydrogens is 222 g/mol. The van der Waals surface area contributed by atoms with Crippen LogP contribution in [-0.2, 0) is 7.05 Å². The molecule has 0 bridgehead atoms. The number of rotatable bonds is 1.